The van der Waals surface area contributed by atoms with Gasteiger partial charge in [0, 0.05) is 13.3 Å². The van der Waals surface area contributed by atoms with Crippen LogP contribution in [0, 0.1) is 0 Å². The highest BCUT2D eigenvalue weighted by Crippen LogP contribution is 2.38. The average Bonchev–Trinajstić information content (AvgIpc) is 3.11. The van der Waals surface area contributed by atoms with E-state index in [4.69, 9.17) is 23.7 Å². The fraction of sp³-hybridized carbons (Fsp3) is 0.375. The lowest BCUT2D eigenvalue weighted by atomic mass is 9.79. The van der Waals surface area contributed by atoms with Crippen LogP contribution in [0.5, 0.6) is 17.2 Å². The molecule has 49 heavy (non-hydrogen) atoms. The van der Waals surface area contributed by atoms with Crippen LogP contribution in [0.4, 0.5) is 0 Å². The zero-order valence-corrected chi connectivity index (χ0v) is 27.9. The molecule has 6 rings (SSSR count). The normalized spacial score (nSPS) is 23.8. The molecule has 0 aromatic heterocycles. The minimum atomic E-state index is -1.70. The molecule has 2 fully saturated rings. The maximum atomic E-state index is 12.7. The number of primary amides is 1. The van der Waals surface area contributed by atoms with Gasteiger partial charge in [0.15, 0.2) is 12.4 Å². The topological polar surface area (TPSA) is 130 Å². The summed E-state index contributed by atoms with van der Waals surface area (Å²) in [5.74, 6) is 1.57. The maximum Gasteiger partial charge on any atom is 0.214 e. The molecule has 0 unspecified atom stereocenters. The zero-order chi connectivity index (χ0) is 34.5. The van der Waals surface area contributed by atoms with Gasteiger partial charge in [0.25, 0.3) is 0 Å². The van der Waals surface area contributed by atoms with E-state index in [-0.39, 0.29) is 31.6 Å². The number of benzene rings is 4. The first-order chi connectivity index (χ1) is 23.8. The van der Waals surface area contributed by atoms with Gasteiger partial charge in [0.1, 0.15) is 41.7 Å². The summed E-state index contributed by atoms with van der Waals surface area (Å²) < 4.78 is 31.3. The van der Waals surface area contributed by atoms with Crippen molar-refractivity contribution in [3.63, 3.8) is 0 Å². The number of amides is 1. The fourth-order valence-corrected chi connectivity index (χ4v) is 6.29. The van der Waals surface area contributed by atoms with Gasteiger partial charge in [-0.05, 0) is 73.2 Å². The van der Waals surface area contributed by atoms with Crippen LogP contribution in [0.2, 0.25) is 0 Å². The van der Waals surface area contributed by atoms with E-state index >= 15 is 0 Å². The van der Waals surface area contributed by atoms with Gasteiger partial charge in [-0.2, -0.15) is 0 Å². The Morgan fingerprint density at radius 3 is 1.88 bits per heavy atom. The molecule has 1 amide bonds. The van der Waals surface area contributed by atoms with Crippen LogP contribution in [0.3, 0.4) is 0 Å². The summed E-state index contributed by atoms with van der Waals surface area (Å²) in [6, 6.07) is 36.2. The van der Waals surface area contributed by atoms with E-state index in [9.17, 15) is 15.0 Å². The monoisotopic (exact) mass is 669 g/mol. The Labute approximate surface area is 288 Å². The van der Waals surface area contributed by atoms with Crippen molar-refractivity contribution in [1.29, 1.82) is 0 Å². The smallest absolute Gasteiger partial charge is 0.214 e. The van der Waals surface area contributed by atoms with Crippen LogP contribution < -0.4 is 19.9 Å². The summed E-state index contributed by atoms with van der Waals surface area (Å²) in [6.07, 6.45) is 1.82. The Morgan fingerprint density at radius 2 is 1.29 bits per heavy atom. The predicted octanol–water partition coefficient (Wildman–Crippen LogP) is 5.99. The molecule has 1 aliphatic carbocycles. The molecule has 260 valence electrons. The van der Waals surface area contributed by atoms with Crippen LogP contribution in [-0.4, -0.2) is 59.0 Å². The summed E-state index contributed by atoms with van der Waals surface area (Å²) in [5, 5.41) is 24.2. The van der Waals surface area contributed by atoms with Crippen LogP contribution in [-0.2, 0) is 27.3 Å². The molecule has 1 saturated carbocycles. The molecule has 1 heterocycles. The number of ether oxygens (including phenoxy) is 5. The van der Waals surface area contributed by atoms with Crippen molar-refractivity contribution in [2.24, 2.45) is 5.73 Å². The van der Waals surface area contributed by atoms with Gasteiger partial charge in [0.2, 0.25) is 5.91 Å². The Hall–Kier alpha value is -4.41. The standard InChI is InChI=1S/C38H42O7.C2H5NO/c39-37-36(44-33-23-21-32(22-24-33)43-31-19-11-4-12-20-31)38(40,25-28-13-5-1-6-14-28)35(42-26-29-15-7-2-8-16-29)34(45-37)27-41-30-17-9-3-10-18-30;1-2(3)4/h1-3,5-10,13-18,21-24,31,34-37,39-40H,4,11-12,19-20,25-27H2;1H3,(H2,3,4)/t34-,35-,36+,37+,38+;/m1./s1. The number of carbonyl (C=O) groups excluding carboxylic acids is 1. The fourth-order valence-electron chi connectivity index (χ4n) is 6.29. The first kappa shape index (κ1) is 35.9. The molecule has 4 aromatic carbocycles. The summed E-state index contributed by atoms with van der Waals surface area (Å²) in [7, 11) is 0. The van der Waals surface area contributed by atoms with E-state index in [1.165, 1.54) is 26.2 Å². The minimum Gasteiger partial charge on any atom is -0.491 e. The highest BCUT2D eigenvalue weighted by atomic mass is 16.7. The van der Waals surface area contributed by atoms with E-state index in [2.05, 4.69) is 5.73 Å². The van der Waals surface area contributed by atoms with E-state index < -0.39 is 30.2 Å². The first-order valence-electron chi connectivity index (χ1n) is 16.9. The number of aliphatic hydroxyl groups is 2. The van der Waals surface area contributed by atoms with Gasteiger partial charge in [-0.3, -0.25) is 4.79 Å². The van der Waals surface area contributed by atoms with E-state index in [0.717, 1.165) is 29.7 Å². The second kappa shape index (κ2) is 17.8. The van der Waals surface area contributed by atoms with Gasteiger partial charge in [-0.25, -0.2) is 0 Å². The van der Waals surface area contributed by atoms with Crippen molar-refractivity contribution in [3.8, 4) is 17.2 Å². The van der Waals surface area contributed by atoms with Crippen molar-refractivity contribution in [1.82, 2.24) is 0 Å². The summed E-state index contributed by atoms with van der Waals surface area (Å²) in [4.78, 5) is 9.22. The second-order valence-electron chi connectivity index (χ2n) is 12.6. The quantitative estimate of drug-likeness (QED) is 0.168. The molecule has 1 saturated heterocycles. The predicted molar refractivity (Wildman–Crippen MR) is 186 cm³/mol. The van der Waals surface area contributed by atoms with Crippen LogP contribution in [0.1, 0.15) is 50.2 Å². The molecule has 4 aromatic rings. The number of carbonyl (C=O) groups is 1. The molecule has 5 atom stereocenters. The van der Waals surface area contributed by atoms with Crippen molar-refractivity contribution >= 4 is 5.91 Å². The first-order valence-corrected chi connectivity index (χ1v) is 16.9. The Balaban J connectivity index is 0.00000111. The third kappa shape index (κ3) is 10.5. The summed E-state index contributed by atoms with van der Waals surface area (Å²) >= 11 is 0. The molecule has 9 nitrogen and oxygen atoms in total. The highest BCUT2D eigenvalue weighted by molar-refractivity contribution is 5.70. The summed E-state index contributed by atoms with van der Waals surface area (Å²) in [6.45, 7) is 1.58. The van der Waals surface area contributed by atoms with Gasteiger partial charge in [-0.15, -0.1) is 0 Å². The van der Waals surface area contributed by atoms with Crippen molar-refractivity contribution < 1.29 is 38.7 Å². The van der Waals surface area contributed by atoms with Crippen molar-refractivity contribution in [2.45, 2.75) is 88.4 Å². The lowest BCUT2D eigenvalue weighted by molar-refractivity contribution is -0.323. The number of aliphatic hydroxyl groups excluding tert-OH is 1. The lowest BCUT2D eigenvalue weighted by Gasteiger charge is -2.50. The number of para-hydroxylation sites is 1. The number of rotatable bonds is 12. The third-order valence-corrected chi connectivity index (χ3v) is 8.60. The molecule has 0 spiro atoms. The van der Waals surface area contributed by atoms with Gasteiger partial charge < -0.3 is 39.6 Å². The third-order valence-electron chi connectivity index (χ3n) is 8.60. The van der Waals surface area contributed by atoms with E-state index in [1.807, 2.05) is 103 Å². The number of nitrogens with two attached hydrogens (primary N) is 1. The van der Waals surface area contributed by atoms with Crippen LogP contribution in [0.15, 0.2) is 115 Å². The molecule has 1 aliphatic heterocycles. The van der Waals surface area contributed by atoms with Gasteiger partial charge in [0.05, 0.1) is 12.7 Å². The average molecular weight is 670 g/mol. The van der Waals surface area contributed by atoms with Crippen LogP contribution in [0.25, 0.3) is 0 Å². The molecular weight excluding hydrogens is 622 g/mol. The molecule has 2 aliphatic rings. The van der Waals surface area contributed by atoms with Crippen molar-refractivity contribution in [3.05, 3.63) is 126 Å². The molecular formula is C40H47NO8. The largest absolute Gasteiger partial charge is 0.491 e. The minimum absolute atomic E-state index is 0.0531. The molecule has 4 N–H and O–H groups in total. The second-order valence-corrected chi connectivity index (χ2v) is 12.6. The summed E-state index contributed by atoms with van der Waals surface area (Å²) in [5.41, 5.74) is 4.59. The maximum absolute atomic E-state index is 12.7. The lowest BCUT2D eigenvalue weighted by Crippen LogP contribution is -2.70. The molecule has 0 bridgehead atoms. The zero-order valence-electron chi connectivity index (χ0n) is 27.9. The van der Waals surface area contributed by atoms with Crippen LogP contribution >= 0.6 is 0 Å². The molecule has 9 heteroatoms. The molecule has 0 radical (unpaired) electrons. The Kier molecular flexibility index (Phi) is 13.1. The van der Waals surface area contributed by atoms with Gasteiger partial charge in [-0.1, -0.05) is 85.3 Å². The highest BCUT2D eigenvalue weighted by Gasteiger charge is 2.58. The van der Waals surface area contributed by atoms with Crippen molar-refractivity contribution in [2.75, 3.05) is 6.61 Å². The Morgan fingerprint density at radius 1 is 0.755 bits per heavy atom. The number of hydrogen-bond donors (Lipinski definition) is 3. The van der Waals surface area contributed by atoms with E-state index in [0.29, 0.717) is 11.5 Å². The SMILES string of the molecule is CC(N)=O.O[C@H]1O[C@H](COc2ccccc2)[C@@H](OCc2ccccc2)[C@@](O)(Cc2ccccc2)[C@H]1Oc1ccc(OC2CCCCC2)cc1. The van der Waals surface area contributed by atoms with E-state index in [1.54, 1.807) is 12.1 Å². The van der Waals surface area contributed by atoms with Gasteiger partial charge >= 0.3 is 0 Å². The number of hydrogen-bond acceptors (Lipinski definition) is 8. The Bertz CT molecular complexity index is 1530.